The van der Waals surface area contributed by atoms with E-state index in [1.165, 1.54) is 44.9 Å². The first kappa shape index (κ1) is 30.5. The van der Waals surface area contributed by atoms with E-state index in [0.717, 1.165) is 36.9 Å². The number of nitrogens with one attached hydrogen (secondary N) is 3. The van der Waals surface area contributed by atoms with Crippen LogP contribution >= 0.6 is 0 Å². The number of carbonyl (C=O) groups excluding carboxylic acids is 1. The molecule has 4 N–H and O–H groups in total. The number of fused-ring (bicyclic) bond motifs is 1. The van der Waals surface area contributed by atoms with Crippen LogP contribution in [0.15, 0.2) is 48.9 Å². The van der Waals surface area contributed by atoms with Crippen LogP contribution in [-0.4, -0.2) is 60.2 Å². The fourth-order valence-electron chi connectivity index (χ4n) is 4.53. The Balaban J connectivity index is 0.000000437. The van der Waals surface area contributed by atoms with E-state index in [2.05, 4.69) is 37.0 Å². The summed E-state index contributed by atoms with van der Waals surface area (Å²) in [4.78, 5) is 17.4. The first-order chi connectivity index (χ1) is 20.1. The van der Waals surface area contributed by atoms with Gasteiger partial charge < -0.3 is 15.7 Å². The van der Waals surface area contributed by atoms with Crippen molar-refractivity contribution in [3.8, 4) is 17.5 Å². The molecule has 1 amide bonds. The van der Waals surface area contributed by atoms with Crippen molar-refractivity contribution in [2.24, 2.45) is 0 Å². The third kappa shape index (κ3) is 7.64. The van der Waals surface area contributed by atoms with Gasteiger partial charge in [0.1, 0.15) is 17.9 Å². The lowest BCUT2D eigenvalue weighted by atomic mass is 9.95. The lowest BCUT2D eigenvalue weighted by Crippen LogP contribution is -2.42. The van der Waals surface area contributed by atoms with E-state index in [4.69, 9.17) is 5.26 Å². The lowest BCUT2D eigenvalue weighted by molar-refractivity contribution is -0.00177. The molecular formula is C29H33F3N8O2. The number of H-pyrrole nitrogens is 1. The van der Waals surface area contributed by atoms with Gasteiger partial charge in [0.05, 0.1) is 52.1 Å². The Kier molecular flexibility index (Phi) is 9.80. The Morgan fingerprint density at radius 1 is 1.19 bits per heavy atom. The quantitative estimate of drug-likeness (QED) is 0.224. The fraction of sp³-hybridized carbons (Fsp3) is 0.414. The maximum Gasteiger partial charge on any atom is 0.279 e. The molecule has 1 atom stereocenters. The Morgan fingerprint density at radius 2 is 1.95 bits per heavy atom. The number of alkyl halides is 3. The summed E-state index contributed by atoms with van der Waals surface area (Å²) in [5.41, 5.74) is 1.83. The summed E-state index contributed by atoms with van der Waals surface area (Å²) in [6.45, 7) is 2.43. The third-order valence-corrected chi connectivity index (χ3v) is 6.97. The molecule has 4 aromatic rings. The number of hydrogen-bond acceptors (Lipinski definition) is 7. The molecule has 1 aliphatic rings. The van der Waals surface area contributed by atoms with Gasteiger partial charge in [-0.2, -0.15) is 15.5 Å². The van der Waals surface area contributed by atoms with Gasteiger partial charge in [0, 0.05) is 18.4 Å². The van der Waals surface area contributed by atoms with Crippen molar-refractivity contribution >= 4 is 17.1 Å². The van der Waals surface area contributed by atoms with Crippen LogP contribution in [-0.2, 0) is 0 Å². The minimum atomic E-state index is -2.43. The maximum absolute atomic E-state index is 14.2. The van der Waals surface area contributed by atoms with E-state index >= 15 is 0 Å². The molecule has 10 nitrogen and oxygen atoms in total. The van der Waals surface area contributed by atoms with Gasteiger partial charge in [-0.3, -0.25) is 14.9 Å². The molecule has 0 radical (unpaired) electrons. The summed E-state index contributed by atoms with van der Waals surface area (Å²) >= 11 is 0. The standard InChI is InChI=1S/C25H29FN6O2.C4H4F2N2/c1-25(2,34)23(26)15-29-24(33)19-14-28-21(11-20(19)31-17-6-4-3-5-7-17)22-9-8-18-10-16(12-27)13-30-32(18)22;5-4(6)3-1-2-7-8-3/h8-11,13-14,17,23,34H,3-7,15H2,1-2H3,(H,28,31)(H,29,33);1-2,4H,(H,7,8). The van der Waals surface area contributed by atoms with E-state index < -0.39 is 24.1 Å². The van der Waals surface area contributed by atoms with Gasteiger partial charge in [-0.15, -0.1) is 0 Å². The molecule has 1 saturated carbocycles. The molecule has 0 saturated heterocycles. The number of amides is 1. The number of rotatable bonds is 8. The van der Waals surface area contributed by atoms with Gasteiger partial charge >= 0.3 is 0 Å². The number of nitrogens with zero attached hydrogens (tertiary/aromatic N) is 5. The van der Waals surface area contributed by atoms with E-state index in [-0.39, 0.29) is 18.3 Å². The van der Waals surface area contributed by atoms with E-state index in [1.807, 2.05) is 18.2 Å². The predicted molar refractivity (Wildman–Crippen MR) is 151 cm³/mol. The summed E-state index contributed by atoms with van der Waals surface area (Å²) in [5.74, 6) is -0.457. The Labute approximate surface area is 241 Å². The molecule has 42 heavy (non-hydrogen) atoms. The molecule has 1 fully saturated rings. The molecule has 1 aliphatic carbocycles. The number of aromatic amines is 1. The van der Waals surface area contributed by atoms with E-state index in [9.17, 15) is 23.1 Å². The molecular weight excluding hydrogens is 549 g/mol. The monoisotopic (exact) mass is 582 g/mol. The Hall–Kier alpha value is -4.44. The van der Waals surface area contributed by atoms with Crippen molar-refractivity contribution in [2.75, 3.05) is 11.9 Å². The van der Waals surface area contributed by atoms with Gasteiger partial charge in [-0.25, -0.2) is 17.7 Å². The second-order valence-electron chi connectivity index (χ2n) is 10.6. The number of aromatic nitrogens is 5. The van der Waals surface area contributed by atoms with Crippen LogP contribution < -0.4 is 10.6 Å². The van der Waals surface area contributed by atoms with Crippen molar-refractivity contribution < 1.29 is 23.1 Å². The summed E-state index contributed by atoms with van der Waals surface area (Å²) in [5, 5.41) is 34.9. The zero-order chi connectivity index (χ0) is 30.3. The number of nitriles is 1. The number of hydrogen-bond donors (Lipinski definition) is 4. The zero-order valence-corrected chi connectivity index (χ0v) is 23.3. The molecule has 0 aliphatic heterocycles. The van der Waals surface area contributed by atoms with Crippen LogP contribution in [0.1, 0.15) is 74.0 Å². The molecule has 1 unspecified atom stereocenters. The largest absolute Gasteiger partial charge is 0.387 e. The fourth-order valence-corrected chi connectivity index (χ4v) is 4.53. The highest BCUT2D eigenvalue weighted by molar-refractivity contribution is 6.00. The number of aliphatic hydroxyl groups is 1. The molecule has 0 spiro atoms. The highest BCUT2D eigenvalue weighted by Crippen LogP contribution is 2.28. The van der Waals surface area contributed by atoms with Crippen LogP contribution in [0.3, 0.4) is 0 Å². The van der Waals surface area contributed by atoms with Crippen molar-refractivity contribution in [1.29, 1.82) is 5.26 Å². The average molecular weight is 583 g/mol. The average Bonchev–Trinajstić information content (AvgIpc) is 3.67. The minimum absolute atomic E-state index is 0.134. The topological polar surface area (TPSA) is 144 Å². The van der Waals surface area contributed by atoms with Crippen LogP contribution in [0.2, 0.25) is 0 Å². The summed E-state index contributed by atoms with van der Waals surface area (Å²) < 4.78 is 38.9. The summed E-state index contributed by atoms with van der Waals surface area (Å²) in [7, 11) is 0. The SMILES string of the molecule is CC(C)(O)C(F)CNC(=O)c1cnc(-c2ccc3cc(C#N)cnn23)cc1NC1CCCCC1.FC(F)c1ccn[nH]1. The van der Waals surface area contributed by atoms with E-state index in [1.54, 1.807) is 10.6 Å². The molecule has 4 heterocycles. The van der Waals surface area contributed by atoms with Gasteiger partial charge in [0.25, 0.3) is 12.3 Å². The number of carbonyl (C=O) groups is 1. The molecule has 5 rings (SSSR count). The van der Waals surface area contributed by atoms with Gasteiger partial charge in [-0.05, 0) is 57.0 Å². The van der Waals surface area contributed by atoms with Crippen LogP contribution in [0.5, 0.6) is 0 Å². The Morgan fingerprint density at radius 3 is 2.57 bits per heavy atom. The maximum atomic E-state index is 14.2. The predicted octanol–water partition coefficient (Wildman–Crippen LogP) is 5.20. The third-order valence-electron chi connectivity index (χ3n) is 6.97. The summed E-state index contributed by atoms with van der Waals surface area (Å²) in [6.07, 6.45) is 5.71. The molecule has 13 heteroatoms. The molecule has 222 valence electrons. The molecule has 0 bridgehead atoms. The first-order valence-corrected chi connectivity index (χ1v) is 13.6. The van der Waals surface area contributed by atoms with Crippen molar-refractivity contribution in [3.05, 3.63) is 65.7 Å². The molecule has 0 aromatic carbocycles. The lowest BCUT2D eigenvalue weighted by Gasteiger charge is -2.26. The van der Waals surface area contributed by atoms with Gasteiger partial charge in [0.15, 0.2) is 0 Å². The smallest absolute Gasteiger partial charge is 0.279 e. The highest BCUT2D eigenvalue weighted by Gasteiger charge is 2.27. The first-order valence-electron chi connectivity index (χ1n) is 13.6. The molecule has 4 aromatic heterocycles. The van der Waals surface area contributed by atoms with Gasteiger partial charge in [0.2, 0.25) is 0 Å². The summed E-state index contributed by atoms with van der Waals surface area (Å²) in [6, 6.07) is 10.8. The van der Waals surface area contributed by atoms with Crippen LogP contribution in [0.4, 0.5) is 18.9 Å². The number of halogens is 3. The Bertz CT molecular complexity index is 1520. The van der Waals surface area contributed by atoms with Gasteiger partial charge in [-0.1, -0.05) is 19.3 Å². The second kappa shape index (κ2) is 13.5. The highest BCUT2D eigenvalue weighted by atomic mass is 19.3. The minimum Gasteiger partial charge on any atom is -0.387 e. The normalized spacial score (nSPS) is 14.6. The number of anilines is 1. The number of pyridine rings is 1. The zero-order valence-electron chi connectivity index (χ0n) is 23.3. The second-order valence-corrected chi connectivity index (χ2v) is 10.6. The van der Waals surface area contributed by atoms with Crippen LogP contribution in [0.25, 0.3) is 16.9 Å². The van der Waals surface area contributed by atoms with E-state index in [0.29, 0.717) is 22.5 Å². The van der Waals surface area contributed by atoms with Crippen LogP contribution in [0, 0.1) is 11.3 Å². The van der Waals surface area contributed by atoms with Crippen molar-refractivity contribution in [2.45, 2.75) is 70.2 Å². The van der Waals surface area contributed by atoms with Crippen molar-refractivity contribution in [1.82, 2.24) is 30.1 Å². The van der Waals surface area contributed by atoms with Crippen molar-refractivity contribution in [3.63, 3.8) is 0 Å².